The number of methoxy groups -OCH3 is 1. The molecule has 0 aliphatic carbocycles. The summed E-state index contributed by atoms with van der Waals surface area (Å²) in [5.41, 5.74) is 11.6. The van der Waals surface area contributed by atoms with Gasteiger partial charge in [-0.2, -0.15) is 0 Å². The van der Waals surface area contributed by atoms with Gasteiger partial charge in [0.15, 0.2) is 11.6 Å². The van der Waals surface area contributed by atoms with E-state index in [1.54, 1.807) is 7.11 Å². The average Bonchev–Trinajstić information content (AvgIpc) is 2.59. The van der Waals surface area contributed by atoms with Gasteiger partial charge in [-0.3, -0.25) is 15.6 Å². The number of nitrogens with one attached hydrogen (secondary N) is 3. The van der Waals surface area contributed by atoms with E-state index in [1.807, 2.05) is 0 Å². The molecule has 1 aromatic heterocycles. The summed E-state index contributed by atoms with van der Waals surface area (Å²) in [6.45, 7) is 1.26. The zero-order valence-electron chi connectivity index (χ0n) is 13.2. The molecule has 24 heavy (non-hydrogen) atoms. The fourth-order valence-corrected chi connectivity index (χ4v) is 1.85. The number of rotatable bonds is 8. The summed E-state index contributed by atoms with van der Waals surface area (Å²) < 4.78 is 17.8. The minimum atomic E-state index is -0.442. The maximum atomic E-state index is 12.9. The Balaban J connectivity index is 1.94. The predicted octanol–water partition coefficient (Wildman–Crippen LogP) is 1.40. The molecule has 128 valence electrons. The summed E-state index contributed by atoms with van der Waals surface area (Å²) in [6, 6.07) is 5.16. The third kappa shape index (κ3) is 4.78. The Labute approximate surface area is 138 Å². The number of amides is 1. The fraction of sp³-hybridized carbons (Fsp3) is 0.267. The molecule has 1 heterocycles. The van der Waals surface area contributed by atoms with E-state index in [2.05, 4.69) is 26.1 Å². The first kappa shape index (κ1) is 17.4. The molecule has 0 radical (unpaired) electrons. The van der Waals surface area contributed by atoms with Gasteiger partial charge < -0.3 is 15.8 Å². The maximum absolute atomic E-state index is 12.9. The van der Waals surface area contributed by atoms with Crippen molar-refractivity contribution in [3.8, 4) is 0 Å². The van der Waals surface area contributed by atoms with Gasteiger partial charge in [0.25, 0.3) is 5.91 Å². The summed E-state index contributed by atoms with van der Waals surface area (Å²) in [7, 11) is 1.63. The zero-order valence-corrected chi connectivity index (χ0v) is 13.2. The van der Waals surface area contributed by atoms with E-state index < -0.39 is 11.7 Å². The van der Waals surface area contributed by atoms with Crippen molar-refractivity contribution in [1.29, 1.82) is 0 Å². The number of halogens is 1. The van der Waals surface area contributed by atoms with Gasteiger partial charge in [0.05, 0.1) is 0 Å². The molecule has 0 bridgehead atoms. The van der Waals surface area contributed by atoms with E-state index in [0.717, 1.165) is 6.42 Å². The Kier molecular flexibility index (Phi) is 6.26. The van der Waals surface area contributed by atoms with Crippen LogP contribution in [0.5, 0.6) is 0 Å². The number of hydrogen-bond donors (Lipinski definition) is 4. The standard InChI is InChI=1S/C15H19FN6O2/c1-24-8-2-7-18-13-12(17)14(20-9-19-13)21-22-15(23)10-3-5-11(16)6-4-10/h3-6,9H,2,7-8,17H2,1H3,(H,22,23)(H2,18,19,20,21). The van der Waals surface area contributed by atoms with Crippen molar-refractivity contribution in [3.63, 3.8) is 0 Å². The number of hydrazine groups is 1. The minimum Gasteiger partial charge on any atom is -0.393 e. The van der Waals surface area contributed by atoms with Gasteiger partial charge in [-0.25, -0.2) is 14.4 Å². The van der Waals surface area contributed by atoms with Gasteiger partial charge in [-0.05, 0) is 30.7 Å². The summed E-state index contributed by atoms with van der Waals surface area (Å²) in [4.78, 5) is 20.0. The summed E-state index contributed by atoms with van der Waals surface area (Å²) >= 11 is 0. The summed E-state index contributed by atoms with van der Waals surface area (Å²) in [6.07, 6.45) is 2.12. The molecule has 1 amide bonds. The maximum Gasteiger partial charge on any atom is 0.269 e. The topological polar surface area (TPSA) is 114 Å². The molecule has 0 saturated heterocycles. The molecule has 0 spiro atoms. The molecule has 5 N–H and O–H groups in total. The van der Waals surface area contributed by atoms with Crippen LogP contribution in [0.3, 0.4) is 0 Å². The number of ether oxygens (including phenoxy) is 1. The lowest BCUT2D eigenvalue weighted by atomic mass is 10.2. The Morgan fingerprint density at radius 1 is 1.25 bits per heavy atom. The Bertz CT molecular complexity index is 680. The number of anilines is 3. The molecule has 9 heteroatoms. The highest BCUT2D eigenvalue weighted by molar-refractivity contribution is 5.95. The SMILES string of the molecule is COCCCNc1ncnc(NNC(=O)c2ccc(F)cc2)c1N. The second kappa shape index (κ2) is 8.63. The number of carbonyl (C=O) groups is 1. The molecular formula is C15H19FN6O2. The molecule has 0 aliphatic rings. The molecule has 0 fully saturated rings. The number of aromatic nitrogens is 2. The number of nitrogen functional groups attached to an aromatic ring is 1. The normalized spacial score (nSPS) is 10.2. The number of nitrogens with zero attached hydrogens (tertiary/aromatic N) is 2. The smallest absolute Gasteiger partial charge is 0.269 e. The van der Waals surface area contributed by atoms with Crippen LogP contribution in [-0.4, -0.2) is 36.1 Å². The number of nitrogens with two attached hydrogens (primary N) is 1. The van der Waals surface area contributed by atoms with Crippen LogP contribution in [0.1, 0.15) is 16.8 Å². The van der Waals surface area contributed by atoms with Crippen LogP contribution in [0.25, 0.3) is 0 Å². The van der Waals surface area contributed by atoms with Crippen molar-refractivity contribution < 1.29 is 13.9 Å². The summed E-state index contributed by atoms with van der Waals surface area (Å²) in [5, 5.41) is 3.06. The largest absolute Gasteiger partial charge is 0.393 e. The first-order chi connectivity index (χ1) is 11.6. The van der Waals surface area contributed by atoms with E-state index in [9.17, 15) is 9.18 Å². The monoisotopic (exact) mass is 334 g/mol. The van der Waals surface area contributed by atoms with Crippen LogP contribution in [-0.2, 0) is 4.74 Å². The van der Waals surface area contributed by atoms with Gasteiger partial charge in [-0.1, -0.05) is 0 Å². The third-order valence-electron chi connectivity index (χ3n) is 3.10. The lowest BCUT2D eigenvalue weighted by molar-refractivity contribution is 0.0962. The van der Waals surface area contributed by atoms with Crippen molar-refractivity contribution in [3.05, 3.63) is 42.0 Å². The number of benzene rings is 1. The van der Waals surface area contributed by atoms with Gasteiger partial charge in [0.2, 0.25) is 0 Å². The Morgan fingerprint density at radius 3 is 2.67 bits per heavy atom. The molecule has 8 nitrogen and oxygen atoms in total. The number of hydrogen-bond acceptors (Lipinski definition) is 7. The fourth-order valence-electron chi connectivity index (χ4n) is 1.85. The summed E-state index contributed by atoms with van der Waals surface area (Å²) in [5.74, 6) is -0.138. The van der Waals surface area contributed by atoms with Gasteiger partial charge in [0, 0.05) is 25.8 Å². The Hall–Kier alpha value is -2.94. The second-order valence-electron chi connectivity index (χ2n) is 4.84. The van der Waals surface area contributed by atoms with Crippen LogP contribution in [0, 0.1) is 5.82 Å². The molecule has 0 atom stereocenters. The molecule has 0 aliphatic heterocycles. The average molecular weight is 334 g/mol. The van der Waals surface area contributed by atoms with Gasteiger partial charge in [0.1, 0.15) is 17.8 Å². The van der Waals surface area contributed by atoms with Gasteiger partial charge in [-0.15, -0.1) is 0 Å². The first-order valence-electron chi connectivity index (χ1n) is 7.27. The molecule has 2 rings (SSSR count). The van der Waals surface area contributed by atoms with E-state index >= 15 is 0 Å². The highest BCUT2D eigenvalue weighted by Crippen LogP contribution is 2.21. The predicted molar refractivity (Wildman–Crippen MR) is 88.9 cm³/mol. The van der Waals surface area contributed by atoms with Crippen molar-refractivity contribution in [2.45, 2.75) is 6.42 Å². The Morgan fingerprint density at radius 2 is 1.96 bits per heavy atom. The van der Waals surface area contributed by atoms with Crippen LogP contribution in [0.4, 0.5) is 21.7 Å². The highest BCUT2D eigenvalue weighted by atomic mass is 19.1. The molecular weight excluding hydrogens is 315 g/mol. The van der Waals surface area contributed by atoms with E-state index in [4.69, 9.17) is 10.5 Å². The van der Waals surface area contributed by atoms with Gasteiger partial charge >= 0.3 is 0 Å². The van der Waals surface area contributed by atoms with Crippen molar-refractivity contribution >= 4 is 23.2 Å². The zero-order chi connectivity index (χ0) is 17.4. The van der Waals surface area contributed by atoms with Crippen LogP contribution in [0.15, 0.2) is 30.6 Å². The van der Waals surface area contributed by atoms with Crippen molar-refractivity contribution in [2.75, 3.05) is 36.7 Å². The van der Waals surface area contributed by atoms with E-state index in [1.165, 1.54) is 30.6 Å². The second-order valence-corrected chi connectivity index (χ2v) is 4.84. The molecule has 2 aromatic rings. The lowest BCUT2D eigenvalue weighted by Gasteiger charge is -2.13. The molecule has 0 saturated carbocycles. The van der Waals surface area contributed by atoms with Crippen molar-refractivity contribution in [1.82, 2.24) is 15.4 Å². The molecule has 0 unspecified atom stereocenters. The lowest BCUT2D eigenvalue weighted by Crippen LogP contribution is -2.30. The van der Waals surface area contributed by atoms with Crippen LogP contribution >= 0.6 is 0 Å². The quantitative estimate of drug-likeness (QED) is 0.426. The van der Waals surface area contributed by atoms with Crippen molar-refractivity contribution in [2.24, 2.45) is 0 Å². The highest BCUT2D eigenvalue weighted by Gasteiger charge is 2.10. The van der Waals surface area contributed by atoms with E-state index in [0.29, 0.717) is 24.5 Å². The number of carbonyl (C=O) groups excluding carboxylic acids is 1. The minimum absolute atomic E-state index is 0.259. The first-order valence-corrected chi connectivity index (χ1v) is 7.27. The van der Waals surface area contributed by atoms with Crippen LogP contribution in [0.2, 0.25) is 0 Å². The van der Waals surface area contributed by atoms with E-state index in [-0.39, 0.29) is 11.5 Å². The third-order valence-corrected chi connectivity index (χ3v) is 3.10. The molecule has 1 aromatic carbocycles. The van der Waals surface area contributed by atoms with Crippen LogP contribution < -0.4 is 21.9 Å².